The minimum atomic E-state index is -0.107. The molecule has 12 aromatic rings. The first-order valence-corrected chi connectivity index (χ1v) is 21.9. The summed E-state index contributed by atoms with van der Waals surface area (Å²) in [6.45, 7) is 7.85. The van der Waals surface area contributed by atoms with Crippen LogP contribution in [-0.2, 0) is 0 Å². The first-order valence-electron chi connectivity index (χ1n) is 21.9. The third-order valence-electron chi connectivity index (χ3n) is 12.1. The molecule has 4 aliphatic rings. The Hall–Kier alpha value is -10.5. The standard InChI is InChI=1S/4C12H7N5O.15CH4/c1-6-2-3-7-8(4-6)9-10(11(7)18)15-12-13-5-14-17(12)16-9;1-6-2-3-7-8(4-6)9-10(11(7)18)16-17-12(15-9)13-5-14-17;1-6-2-3-7-8(4-6)11(18)10-9(7)16-17-12(15-10)13-5-14-17;1-6-2-3-7-8(4-6)11(18)10-9(7)15-12-13-5-14-17(12)16-10;;;;;;;;;;;;;;;/h4*2-5H,1H3;15*1H4. The van der Waals surface area contributed by atoms with Gasteiger partial charge in [-0.25, -0.2) is 19.9 Å². The minimum Gasteiger partial charge on any atom is -0.287 e. The molecule has 0 spiro atoms. The number of rotatable bonds is 0. The molecule has 0 aliphatic heterocycles. The van der Waals surface area contributed by atoms with Gasteiger partial charge in [0, 0.05) is 44.5 Å². The largest absolute Gasteiger partial charge is 0.287 e. The lowest BCUT2D eigenvalue weighted by Gasteiger charge is -1.99. The Morgan fingerprint density at radius 2 is 0.483 bits per heavy atom. The van der Waals surface area contributed by atoms with Crippen molar-refractivity contribution in [2.75, 3.05) is 0 Å². The van der Waals surface area contributed by atoms with Crippen molar-refractivity contribution in [3.05, 3.63) is 165 Å². The topological polar surface area (TPSA) is 292 Å². The Balaban J connectivity index is -0.00000102. The number of aromatic nitrogens is 20. The van der Waals surface area contributed by atoms with Gasteiger partial charge < -0.3 is 0 Å². The summed E-state index contributed by atoms with van der Waals surface area (Å²) in [6, 6.07) is 22.7. The van der Waals surface area contributed by atoms with Gasteiger partial charge in [-0.15, -0.1) is 59.3 Å². The predicted octanol–water partition coefficient (Wildman–Crippen LogP) is 13.7. The third kappa shape index (κ3) is 12.9. The third-order valence-corrected chi connectivity index (χ3v) is 12.1. The molecule has 0 saturated heterocycles. The molecule has 4 aliphatic carbocycles. The van der Waals surface area contributed by atoms with Crippen LogP contribution in [-0.4, -0.2) is 122 Å². The lowest BCUT2D eigenvalue weighted by atomic mass is 10.1. The first kappa shape index (κ1) is 80.7. The lowest BCUT2D eigenvalue weighted by Crippen LogP contribution is -2.06. The van der Waals surface area contributed by atoms with Crippen LogP contribution in [0.4, 0.5) is 0 Å². The van der Waals surface area contributed by atoms with Crippen molar-refractivity contribution in [2.45, 2.75) is 139 Å². The summed E-state index contributed by atoms with van der Waals surface area (Å²) < 4.78 is 5.22. The Labute approximate surface area is 512 Å². The highest BCUT2D eigenvalue weighted by Gasteiger charge is 2.34. The summed E-state index contributed by atoms with van der Waals surface area (Å²) in [4.78, 5) is 81.9. The van der Waals surface area contributed by atoms with Gasteiger partial charge in [0.2, 0.25) is 23.1 Å². The number of nitrogens with zero attached hydrogens (tertiary/aromatic N) is 20. The molecule has 0 N–H and O–H groups in total. The summed E-state index contributed by atoms with van der Waals surface area (Å²) in [6.07, 6.45) is 5.47. The number of fused-ring (bicyclic) bond motifs is 16. The summed E-state index contributed by atoms with van der Waals surface area (Å²) in [5.74, 6) is 1.07. The van der Waals surface area contributed by atoms with Crippen LogP contribution >= 0.6 is 0 Å². The van der Waals surface area contributed by atoms with E-state index < -0.39 is 0 Å². The average molecular weight is 1190 g/mol. The molecule has 8 heterocycles. The Morgan fingerprint density at radius 3 is 0.839 bits per heavy atom. The molecule has 8 aromatic heterocycles. The fraction of sp³-hybridized carbons (Fsp3) is 0.302. The fourth-order valence-electron chi connectivity index (χ4n) is 8.76. The molecule has 24 heteroatoms. The highest BCUT2D eigenvalue weighted by molar-refractivity contribution is 6.22. The van der Waals surface area contributed by atoms with E-state index in [1.54, 1.807) is 0 Å². The van der Waals surface area contributed by atoms with Crippen LogP contribution in [0, 0.1) is 27.7 Å². The molecule has 0 bridgehead atoms. The van der Waals surface area contributed by atoms with Crippen molar-refractivity contribution in [3.8, 4) is 45.0 Å². The maximum Gasteiger partial charge on any atom is 0.271 e. The molecule has 4 aromatic carbocycles. The molecule has 0 fully saturated rings. The van der Waals surface area contributed by atoms with Crippen molar-refractivity contribution in [1.29, 1.82) is 0 Å². The number of benzene rings is 4. The zero-order valence-corrected chi connectivity index (χ0v) is 37.8. The van der Waals surface area contributed by atoms with E-state index >= 15 is 0 Å². The molecule has 0 saturated carbocycles. The van der Waals surface area contributed by atoms with E-state index in [0.29, 0.717) is 90.9 Å². The second-order valence-electron chi connectivity index (χ2n) is 16.9. The van der Waals surface area contributed by atoms with Crippen molar-refractivity contribution in [3.63, 3.8) is 0 Å². The van der Waals surface area contributed by atoms with Gasteiger partial charge in [-0.05, 0) is 52.0 Å². The number of carbonyl (C=O) groups is 4. The molecule has 0 radical (unpaired) electrons. The Kier molecular flexibility index (Phi) is 28.1. The minimum absolute atomic E-state index is 0. The summed E-state index contributed by atoms with van der Waals surface area (Å²) in [7, 11) is 0. The van der Waals surface area contributed by atoms with E-state index in [4.69, 9.17) is 0 Å². The zero-order chi connectivity index (χ0) is 49.1. The SMILES string of the molecule is C.C.C.C.C.C.C.C.C.C.C.C.C.C.C.Cc1ccc2c(c1)-c1nc3ncnn3nc1C2=O.Cc1ccc2c(c1)-c1nn3ncnc3nc1C2=O.Cc1ccc2c(c1)C(=O)c1nc3ncnn3nc1-2.Cc1ccc2c(c1)C(=O)c1nn3ncnc3nc1-2. The van der Waals surface area contributed by atoms with Gasteiger partial charge in [0.25, 0.3) is 23.1 Å². The second-order valence-corrected chi connectivity index (χ2v) is 16.9. The lowest BCUT2D eigenvalue weighted by molar-refractivity contribution is 0.102. The van der Waals surface area contributed by atoms with Crippen LogP contribution in [0.2, 0.25) is 0 Å². The first-order chi connectivity index (χ1) is 34.9. The fourth-order valence-corrected chi connectivity index (χ4v) is 8.76. The van der Waals surface area contributed by atoms with Gasteiger partial charge in [0.05, 0.1) is 0 Å². The molecule has 0 atom stereocenters. The maximum atomic E-state index is 12.2. The van der Waals surface area contributed by atoms with Gasteiger partial charge in [0.1, 0.15) is 59.5 Å². The molecule has 0 amide bonds. The predicted molar refractivity (Wildman–Crippen MR) is 350 cm³/mol. The highest BCUT2D eigenvalue weighted by Crippen LogP contribution is 2.37. The van der Waals surface area contributed by atoms with Gasteiger partial charge in [-0.1, -0.05) is 182 Å². The maximum absolute atomic E-state index is 12.2. The Morgan fingerprint density at radius 1 is 0.253 bits per heavy atom. The number of ketones is 4. The van der Waals surface area contributed by atoms with Crippen LogP contribution in [0.3, 0.4) is 0 Å². The van der Waals surface area contributed by atoms with Crippen LogP contribution in [0.1, 0.15) is 198 Å². The van der Waals surface area contributed by atoms with Crippen molar-refractivity contribution < 1.29 is 19.2 Å². The Bertz CT molecular complexity index is 4130. The van der Waals surface area contributed by atoms with Gasteiger partial charge >= 0.3 is 0 Å². The van der Waals surface area contributed by atoms with Gasteiger partial charge in [-0.3, -0.25) is 19.2 Å². The summed E-state index contributed by atoms with van der Waals surface area (Å²) in [5, 5.41) is 32.6. The molecule has 0 unspecified atom stereocenters. The smallest absolute Gasteiger partial charge is 0.271 e. The van der Waals surface area contributed by atoms with E-state index in [2.05, 4.69) is 80.7 Å². The molecular formula is C63H88N20O4. The number of carbonyl (C=O) groups excluding carboxylic acids is 4. The second kappa shape index (κ2) is 30.3. The number of aryl methyl sites for hydroxylation is 4. The van der Waals surface area contributed by atoms with Crippen molar-refractivity contribution >= 4 is 46.2 Å². The van der Waals surface area contributed by atoms with E-state index in [-0.39, 0.29) is 135 Å². The van der Waals surface area contributed by atoms with Crippen LogP contribution in [0.15, 0.2) is 98.1 Å². The van der Waals surface area contributed by atoms with Gasteiger partial charge in [0.15, 0.2) is 11.4 Å². The van der Waals surface area contributed by atoms with Crippen LogP contribution in [0.25, 0.3) is 68.1 Å². The monoisotopic (exact) mass is 1190 g/mol. The highest BCUT2D eigenvalue weighted by atomic mass is 16.1. The normalized spacial score (nSPS) is 10.6. The molecular weight excluding hydrogens is 1100 g/mol. The van der Waals surface area contributed by atoms with Crippen LogP contribution in [0.5, 0.6) is 0 Å². The molecule has 24 nitrogen and oxygen atoms in total. The van der Waals surface area contributed by atoms with Gasteiger partial charge in [-0.2, -0.15) is 19.9 Å². The van der Waals surface area contributed by atoms with E-state index in [1.165, 1.54) is 43.8 Å². The van der Waals surface area contributed by atoms with Crippen molar-refractivity contribution in [2.24, 2.45) is 0 Å². The number of hydrogen-bond acceptors (Lipinski definition) is 20. The molecule has 16 rings (SSSR count). The average Bonchev–Trinajstić information content (AvgIpc) is 1.83. The van der Waals surface area contributed by atoms with Crippen molar-refractivity contribution in [1.82, 2.24) is 99.2 Å². The van der Waals surface area contributed by atoms with E-state index in [0.717, 1.165) is 44.5 Å². The number of hydrogen-bond donors (Lipinski definition) is 0. The summed E-state index contributed by atoms with van der Waals surface area (Å²) >= 11 is 0. The zero-order valence-electron chi connectivity index (χ0n) is 37.8. The molecule has 464 valence electrons. The van der Waals surface area contributed by atoms with Crippen LogP contribution < -0.4 is 0 Å². The summed E-state index contributed by atoms with van der Waals surface area (Å²) in [5.41, 5.74) is 13.8. The van der Waals surface area contributed by atoms with E-state index in [1.807, 2.05) is 100 Å². The van der Waals surface area contributed by atoms with E-state index in [9.17, 15) is 19.2 Å². The quantitative estimate of drug-likeness (QED) is 0.136. The molecule has 87 heavy (non-hydrogen) atoms.